The molecule has 0 aliphatic heterocycles. The van der Waals surface area contributed by atoms with E-state index < -0.39 is 0 Å². The molecule has 4 heteroatoms. The molecule has 0 fully saturated rings. The molecule has 3 nitrogen and oxygen atoms in total. The fraction of sp³-hybridized carbons (Fsp3) is 0.133. The number of nitrogens with one attached hydrogen (secondary N) is 1. The Morgan fingerprint density at radius 2 is 1.89 bits per heavy atom. The van der Waals surface area contributed by atoms with Crippen molar-refractivity contribution in [3.05, 3.63) is 48.0 Å². The van der Waals surface area contributed by atoms with Gasteiger partial charge in [-0.05, 0) is 49.6 Å². The predicted molar refractivity (Wildman–Crippen MR) is 82.4 cm³/mol. The summed E-state index contributed by atoms with van der Waals surface area (Å²) in [5.41, 5.74) is 8.69. The van der Waals surface area contributed by atoms with Crippen LogP contribution >= 0.6 is 11.8 Å². The number of anilines is 3. The Labute approximate surface area is 117 Å². The number of carbonyl (C=O) groups is 1. The number of Topliss-reactive ketones (excluding diaryl/α,β-unsaturated/α-hetero) is 1. The van der Waals surface area contributed by atoms with Gasteiger partial charge < -0.3 is 11.1 Å². The van der Waals surface area contributed by atoms with Gasteiger partial charge in [0, 0.05) is 27.5 Å². The third kappa shape index (κ3) is 3.29. The maximum atomic E-state index is 11.5. The van der Waals surface area contributed by atoms with E-state index in [0.29, 0.717) is 11.3 Å². The summed E-state index contributed by atoms with van der Waals surface area (Å²) in [6.45, 7) is 1.52. The number of nitrogen functional groups attached to an aromatic ring is 1. The summed E-state index contributed by atoms with van der Waals surface area (Å²) in [4.78, 5) is 12.6. The van der Waals surface area contributed by atoms with Crippen LogP contribution in [0.5, 0.6) is 0 Å². The highest BCUT2D eigenvalue weighted by atomic mass is 32.2. The Hall–Kier alpha value is -1.94. The van der Waals surface area contributed by atoms with Gasteiger partial charge in [0.2, 0.25) is 0 Å². The van der Waals surface area contributed by atoms with Gasteiger partial charge in [0.05, 0.1) is 0 Å². The van der Waals surface area contributed by atoms with Crippen molar-refractivity contribution in [3.63, 3.8) is 0 Å². The van der Waals surface area contributed by atoms with Gasteiger partial charge in [-0.3, -0.25) is 4.79 Å². The number of hydrogen-bond acceptors (Lipinski definition) is 4. The summed E-state index contributed by atoms with van der Waals surface area (Å²) >= 11 is 1.69. The van der Waals surface area contributed by atoms with E-state index in [9.17, 15) is 4.79 Å². The van der Waals surface area contributed by atoms with Gasteiger partial charge in [0.15, 0.2) is 5.78 Å². The maximum absolute atomic E-state index is 11.5. The van der Waals surface area contributed by atoms with Crippen molar-refractivity contribution in [1.29, 1.82) is 0 Å². The van der Waals surface area contributed by atoms with Crippen molar-refractivity contribution in [3.8, 4) is 0 Å². The van der Waals surface area contributed by atoms with Gasteiger partial charge in [0.25, 0.3) is 0 Å². The molecule has 3 N–H and O–H groups in total. The molecule has 0 aliphatic rings. The standard InChI is InChI=1S/C15H16N2OS/c1-10(18)14-9-12(6-7-15(14)16)17-11-4-3-5-13(8-11)19-2/h3-9,17H,16H2,1-2H3. The Morgan fingerprint density at radius 1 is 1.16 bits per heavy atom. The minimum absolute atomic E-state index is 0.0287. The molecule has 19 heavy (non-hydrogen) atoms. The van der Waals surface area contributed by atoms with E-state index >= 15 is 0 Å². The van der Waals surface area contributed by atoms with Gasteiger partial charge in [-0.2, -0.15) is 0 Å². The lowest BCUT2D eigenvalue weighted by atomic mass is 10.1. The summed E-state index contributed by atoms with van der Waals surface area (Å²) in [5, 5.41) is 3.28. The topological polar surface area (TPSA) is 55.1 Å². The number of hydrogen-bond donors (Lipinski definition) is 2. The van der Waals surface area contributed by atoms with Crippen molar-refractivity contribution in [2.24, 2.45) is 0 Å². The van der Waals surface area contributed by atoms with E-state index in [1.807, 2.05) is 24.5 Å². The van der Waals surface area contributed by atoms with Crippen molar-refractivity contribution in [2.75, 3.05) is 17.3 Å². The Morgan fingerprint density at radius 3 is 2.58 bits per heavy atom. The highest BCUT2D eigenvalue weighted by Crippen LogP contribution is 2.24. The fourth-order valence-electron chi connectivity index (χ4n) is 1.81. The van der Waals surface area contributed by atoms with Crippen molar-refractivity contribution >= 4 is 34.6 Å². The van der Waals surface area contributed by atoms with Gasteiger partial charge in [-0.1, -0.05) is 6.07 Å². The number of rotatable bonds is 4. The largest absolute Gasteiger partial charge is 0.398 e. The van der Waals surface area contributed by atoms with Crippen LogP contribution in [0.25, 0.3) is 0 Å². The number of ketones is 1. The van der Waals surface area contributed by atoms with Gasteiger partial charge >= 0.3 is 0 Å². The summed E-state index contributed by atoms with van der Waals surface area (Å²) < 4.78 is 0. The quantitative estimate of drug-likeness (QED) is 0.503. The molecule has 0 amide bonds. The molecule has 0 bridgehead atoms. The molecular weight excluding hydrogens is 256 g/mol. The summed E-state index contributed by atoms with van der Waals surface area (Å²) in [7, 11) is 0. The zero-order valence-corrected chi connectivity index (χ0v) is 11.8. The minimum Gasteiger partial charge on any atom is -0.398 e. The minimum atomic E-state index is -0.0287. The molecule has 0 radical (unpaired) electrons. The van der Waals surface area contributed by atoms with E-state index in [-0.39, 0.29) is 5.78 Å². The molecule has 2 aromatic rings. The van der Waals surface area contributed by atoms with E-state index in [1.165, 1.54) is 11.8 Å². The predicted octanol–water partition coefficient (Wildman–Crippen LogP) is 3.94. The van der Waals surface area contributed by atoms with Crippen LogP contribution in [-0.2, 0) is 0 Å². The second-order valence-electron chi connectivity index (χ2n) is 4.22. The van der Waals surface area contributed by atoms with Crippen LogP contribution in [-0.4, -0.2) is 12.0 Å². The molecular formula is C15H16N2OS. The first-order valence-electron chi connectivity index (χ1n) is 5.91. The number of benzene rings is 2. The van der Waals surface area contributed by atoms with Crippen molar-refractivity contribution in [2.45, 2.75) is 11.8 Å². The van der Waals surface area contributed by atoms with Gasteiger partial charge in [-0.25, -0.2) is 0 Å². The molecule has 0 aliphatic carbocycles. The summed E-state index contributed by atoms with van der Waals surface area (Å²) in [6, 6.07) is 13.5. The average molecular weight is 272 g/mol. The molecule has 0 aromatic heterocycles. The van der Waals surface area contributed by atoms with E-state index in [4.69, 9.17) is 5.73 Å². The third-order valence-corrected chi connectivity index (χ3v) is 3.52. The van der Waals surface area contributed by atoms with Crippen molar-refractivity contribution < 1.29 is 4.79 Å². The molecule has 0 saturated carbocycles. The normalized spacial score (nSPS) is 10.2. The highest BCUT2D eigenvalue weighted by molar-refractivity contribution is 7.98. The first kappa shape index (κ1) is 13.5. The van der Waals surface area contributed by atoms with Crippen LogP contribution in [0.4, 0.5) is 17.1 Å². The lowest BCUT2D eigenvalue weighted by molar-refractivity contribution is 0.101. The summed E-state index contributed by atoms with van der Waals surface area (Å²) in [6.07, 6.45) is 2.04. The van der Waals surface area contributed by atoms with Crippen LogP contribution in [0.2, 0.25) is 0 Å². The first-order valence-corrected chi connectivity index (χ1v) is 7.14. The molecule has 0 atom stereocenters. The Kier molecular flexibility index (Phi) is 4.12. The van der Waals surface area contributed by atoms with Crippen molar-refractivity contribution in [1.82, 2.24) is 0 Å². The molecule has 2 aromatic carbocycles. The first-order chi connectivity index (χ1) is 9.10. The molecule has 0 saturated heterocycles. The van der Waals surface area contributed by atoms with E-state index in [1.54, 1.807) is 23.9 Å². The summed E-state index contributed by atoms with van der Waals surface area (Å²) in [5.74, 6) is -0.0287. The van der Waals surface area contributed by atoms with Crippen LogP contribution < -0.4 is 11.1 Å². The van der Waals surface area contributed by atoms with Crippen LogP contribution in [0.1, 0.15) is 17.3 Å². The van der Waals surface area contributed by atoms with Gasteiger partial charge in [-0.15, -0.1) is 11.8 Å². The molecule has 0 spiro atoms. The van der Waals surface area contributed by atoms with Gasteiger partial charge in [0.1, 0.15) is 0 Å². The molecule has 2 rings (SSSR count). The average Bonchev–Trinajstić information content (AvgIpc) is 2.41. The van der Waals surface area contributed by atoms with E-state index in [0.717, 1.165) is 11.4 Å². The Balaban J connectivity index is 2.28. The third-order valence-electron chi connectivity index (χ3n) is 2.79. The monoisotopic (exact) mass is 272 g/mol. The molecule has 98 valence electrons. The maximum Gasteiger partial charge on any atom is 0.161 e. The second-order valence-corrected chi connectivity index (χ2v) is 5.09. The zero-order valence-electron chi connectivity index (χ0n) is 10.9. The highest BCUT2D eigenvalue weighted by Gasteiger charge is 2.06. The van der Waals surface area contributed by atoms with E-state index in [2.05, 4.69) is 17.4 Å². The number of carbonyl (C=O) groups excluding carboxylic acids is 1. The SMILES string of the molecule is CSc1cccc(Nc2ccc(N)c(C(C)=O)c2)c1. The molecule has 0 unspecified atom stereocenters. The smallest absolute Gasteiger partial charge is 0.161 e. The zero-order chi connectivity index (χ0) is 13.8. The lowest BCUT2D eigenvalue weighted by Crippen LogP contribution is -2.01. The van der Waals surface area contributed by atoms with Crippen LogP contribution in [0, 0.1) is 0 Å². The molecule has 0 heterocycles. The van der Waals surface area contributed by atoms with Crippen LogP contribution in [0.15, 0.2) is 47.4 Å². The Bertz CT molecular complexity index is 611. The fourth-order valence-corrected chi connectivity index (χ4v) is 2.27. The number of thioether (sulfide) groups is 1. The van der Waals surface area contributed by atoms with Crippen LogP contribution in [0.3, 0.4) is 0 Å². The number of nitrogens with two attached hydrogens (primary N) is 1. The lowest BCUT2D eigenvalue weighted by Gasteiger charge is -2.10. The second kappa shape index (κ2) is 5.80.